The van der Waals surface area contributed by atoms with Crippen LogP contribution in [0.4, 0.5) is 9.59 Å². The fraction of sp³-hybridized carbons (Fsp3) is 0.773. The molecule has 0 bridgehead atoms. The van der Waals surface area contributed by atoms with Crippen molar-refractivity contribution in [3.8, 4) is 0 Å². The molecule has 4 aliphatic rings. The van der Waals surface area contributed by atoms with Crippen LogP contribution in [-0.2, 0) is 61.8 Å². The zero-order chi connectivity index (χ0) is 49.1. The lowest BCUT2D eigenvalue weighted by atomic mass is 10.0. The highest BCUT2D eigenvalue weighted by molar-refractivity contribution is 8.00. The molecule has 0 aromatic rings. The number of carbonyl (C=O) groups excluding carboxylic acids is 5. The van der Waals surface area contributed by atoms with Gasteiger partial charge in [0, 0.05) is 46.0 Å². The number of amides is 4. The third kappa shape index (κ3) is 28.4. The van der Waals surface area contributed by atoms with Crippen LogP contribution < -0.4 is 21.3 Å². The minimum absolute atomic E-state index is 0.0199. The van der Waals surface area contributed by atoms with Crippen molar-refractivity contribution in [3.05, 3.63) is 24.3 Å². The number of hydrogen-bond donors (Lipinski definition) is 6. The highest BCUT2D eigenvalue weighted by Crippen LogP contribution is 2.34. The summed E-state index contributed by atoms with van der Waals surface area (Å²) in [6, 6.07) is 0.815. The molecule has 0 spiro atoms. The number of esters is 3. The molecule has 4 fully saturated rings. The maximum Gasteiger partial charge on any atom is 0.333 e. The lowest BCUT2D eigenvalue weighted by Crippen LogP contribution is -2.36. The number of carboxylic acid groups (broad SMARTS) is 1. The summed E-state index contributed by atoms with van der Waals surface area (Å²) in [6.45, 7) is 15.5. The van der Waals surface area contributed by atoms with Gasteiger partial charge >= 0.3 is 35.9 Å². The minimum Gasteiger partial charge on any atom is -0.481 e. The number of unbranched alkanes of at least 4 members (excludes halogenated alkanes) is 2. The fourth-order valence-electron chi connectivity index (χ4n) is 6.59. The average molecular weight is 995 g/mol. The van der Waals surface area contributed by atoms with Crippen LogP contribution in [0.1, 0.15) is 65.2 Å². The molecule has 0 saturated carbocycles. The molecule has 0 aliphatic carbocycles. The monoisotopic (exact) mass is 994 g/mol. The molecule has 0 aromatic carbocycles. The molecule has 4 heterocycles. The summed E-state index contributed by atoms with van der Waals surface area (Å²) in [5.41, 5.74) is 0.737. The van der Waals surface area contributed by atoms with Crippen molar-refractivity contribution < 1.29 is 81.6 Å². The molecule has 0 radical (unpaired) electrons. The van der Waals surface area contributed by atoms with E-state index >= 15 is 0 Å². The summed E-state index contributed by atoms with van der Waals surface area (Å²) < 4.78 is 46.3. The first-order valence-corrected chi connectivity index (χ1v) is 24.9. The van der Waals surface area contributed by atoms with Gasteiger partial charge in [-0.25, -0.2) is 19.2 Å². The largest absolute Gasteiger partial charge is 0.481 e. The first-order chi connectivity index (χ1) is 32.3. The van der Waals surface area contributed by atoms with Crippen LogP contribution >= 0.6 is 23.5 Å². The number of thioether (sulfide) groups is 2. The van der Waals surface area contributed by atoms with Crippen LogP contribution in [0.3, 0.4) is 0 Å². The number of hydrogen-bond acceptors (Lipinski definition) is 18. The second kappa shape index (κ2) is 37.2. The molecular formula is C44H74N4O17S2. The van der Waals surface area contributed by atoms with Crippen molar-refractivity contribution in [2.75, 3.05) is 117 Å². The summed E-state index contributed by atoms with van der Waals surface area (Å²) in [5, 5.41) is 29.5. The van der Waals surface area contributed by atoms with Crippen LogP contribution in [0, 0.1) is 0 Å². The van der Waals surface area contributed by atoms with Gasteiger partial charge in [0.1, 0.15) is 19.8 Å². The number of ether oxygens (including phenoxy) is 9. The zero-order valence-electron chi connectivity index (χ0n) is 39.1. The van der Waals surface area contributed by atoms with E-state index in [2.05, 4.69) is 34.4 Å². The minimum atomic E-state index is -0.729. The number of aliphatic hydroxyl groups is 1. The van der Waals surface area contributed by atoms with Gasteiger partial charge in [0.2, 0.25) is 0 Å². The van der Waals surface area contributed by atoms with Crippen molar-refractivity contribution in [1.82, 2.24) is 21.3 Å². The molecule has 0 unspecified atom stereocenters. The molecule has 4 amide bonds. The van der Waals surface area contributed by atoms with E-state index in [0.717, 1.165) is 50.0 Å². The van der Waals surface area contributed by atoms with E-state index in [1.165, 1.54) is 0 Å². The Balaban J connectivity index is 0.000000381. The molecule has 23 heteroatoms. The summed E-state index contributed by atoms with van der Waals surface area (Å²) in [4.78, 5) is 66.8. The van der Waals surface area contributed by atoms with Gasteiger partial charge < -0.3 is 74.1 Å². The second-order valence-corrected chi connectivity index (χ2v) is 18.1. The molecule has 6 atom stereocenters. The standard InChI is InChI=1S/C22H36N2O8S.C12H22O6.C10H16N2O3S/c1-16(2)21(26)32-14-12-30-10-8-28-7-9-29-11-13-31-19(25)6-4-3-5-18-20-17(15-33-18)23-22(27)24-20;1-11(2)12(14)18-10-9-17-8-7-16-6-5-15-4-3-13;13-8(14)4-2-1-3-7-9-6(5-16-7)11-10(15)12-9/h17-18,20H,1,3-15H2,2H3,(H2,23,24,27);13H,1,3-10H2,2H3;6-7,9H,1-5H2,(H,13,14)(H2,11,12,15)/t17-,18-,20-;;6-,7-,9-/m0.0/s1. The number of nitrogens with one attached hydrogen (secondary N) is 4. The number of aliphatic hydroxyl groups excluding tert-OH is 1. The Morgan fingerprint density at radius 1 is 0.537 bits per heavy atom. The lowest BCUT2D eigenvalue weighted by Gasteiger charge is -2.16. The van der Waals surface area contributed by atoms with Gasteiger partial charge in [0.05, 0.1) is 110 Å². The van der Waals surface area contributed by atoms with Gasteiger partial charge in [-0.1, -0.05) is 26.0 Å². The third-order valence-corrected chi connectivity index (χ3v) is 13.0. The fourth-order valence-corrected chi connectivity index (χ4v) is 9.68. The second-order valence-electron chi connectivity index (χ2n) is 15.6. The molecule has 0 aromatic heterocycles. The first kappa shape index (κ1) is 59.4. The SMILES string of the molecule is C=C(C)C(=O)OCCOCCOCCOCCO.C=C(C)C(=O)OCCOCCOCCOCCOC(=O)CCCC[C@@H]1SC[C@@H]2NC(=O)N[C@@H]21.O=C(O)CCCC[C@@H]1SC[C@@H]2NC(=O)N[C@@H]21. The Kier molecular flexibility index (Phi) is 33.0. The Hall–Kier alpha value is -3.68. The molecule has 4 aliphatic heterocycles. The van der Waals surface area contributed by atoms with Crippen molar-refractivity contribution in [1.29, 1.82) is 0 Å². The number of urea groups is 2. The van der Waals surface area contributed by atoms with E-state index in [4.69, 9.17) is 52.8 Å². The van der Waals surface area contributed by atoms with E-state index < -0.39 is 17.9 Å². The van der Waals surface area contributed by atoms with Crippen molar-refractivity contribution in [2.45, 2.75) is 99.9 Å². The average Bonchev–Trinajstić information content (AvgIpc) is 4.06. The molecule has 4 rings (SSSR count). The van der Waals surface area contributed by atoms with Gasteiger partial charge in [0.25, 0.3) is 0 Å². The Labute approximate surface area is 402 Å². The number of carboxylic acids is 1. The topological polar surface area (TPSA) is 274 Å². The molecule has 21 nitrogen and oxygen atoms in total. The van der Waals surface area contributed by atoms with Crippen LogP contribution in [0.2, 0.25) is 0 Å². The van der Waals surface area contributed by atoms with Gasteiger partial charge in [-0.3, -0.25) is 9.59 Å². The van der Waals surface area contributed by atoms with Crippen LogP contribution in [0.15, 0.2) is 24.3 Å². The van der Waals surface area contributed by atoms with E-state index in [1.54, 1.807) is 13.8 Å². The maximum atomic E-state index is 11.8. The molecule has 4 saturated heterocycles. The van der Waals surface area contributed by atoms with Crippen LogP contribution in [0.5, 0.6) is 0 Å². The van der Waals surface area contributed by atoms with E-state index in [1.807, 2.05) is 23.5 Å². The zero-order valence-corrected chi connectivity index (χ0v) is 40.7. The van der Waals surface area contributed by atoms with Gasteiger partial charge in [-0.15, -0.1) is 0 Å². The van der Waals surface area contributed by atoms with Gasteiger partial charge in [-0.2, -0.15) is 23.5 Å². The Morgan fingerprint density at radius 2 is 0.896 bits per heavy atom. The quantitative estimate of drug-likeness (QED) is 0.0175. The summed E-state index contributed by atoms with van der Waals surface area (Å²) in [6.07, 6.45) is 5.97. The predicted octanol–water partition coefficient (Wildman–Crippen LogP) is 2.37. The number of carbonyl (C=O) groups is 6. The highest BCUT2D eigenvalue weighted by Gasteiger charge is 2.43. The van der Waals surface area contributed by atoms with Crippen molar-refractivity contribution in [3.63, 3.8) is 0 Å². The van der Waals surface area contributed by atoms with Gasteiger partial charge in [0.15, 0.2) is 0 Å². The van der Waals surface area contributed by atoms with Crippen LogP contribution in [-0.4, -0.2) is 198 Å². The molecule has 6 N–H and O–H groups in total. The Morgan fingerprint density at radius 3 is 1.27 bits per heavy atom. The summed E-state index contributed by atoms with van der Waals surface area (Å²) in [5.74, 6) is 0.141. The number of aliphatic carboxylic acids is 1. The van der Waals surface area contributed by atoms with Crippen molar-refractivity contribution in [2.24, 2.45) is 0 Å². The van der Waals surface area contributed by atoms with E-state index in [0.29, 0.717) is 107 Å². The normalized spacial score (nSPS) is 20.9. The summed E-state index contributed by atoms with van der Waals surface area (Å²) in [7, 11) is 0. The number of fused-ring (bicyclic) bond motifs is 2. The smallest absolute Gasteiger partial charge is 0.333 e. The van der Waals surface area contributed by atoms with E-state index in [-0.39, 0.29) is 75.0 Å². The highest BCUT2D eigenvalue weighted by atomic mass is 32.2. The van der Waals surface area contributed by atoms with Crippen molar-refractivity contribution >= 4 is 59.5 Å². The van der Waals surface area contributed by atoms with Crippen LogP contribution in [0.25, 0.3) is 0 Å². The Bertz CT molecular complexity index is 1500. The summed E-state index contributed by atoms with van der Waals surface area (Å²) >= 11 is 3.75. The molecule has 67 heavy (non-hydrogen) atoms. The predicted molar refractivity (Wildman–Crippen MR) is 250 cm³/mol. The maximum absolute atomic E-state index is 11.8. The first-order valence-electron chi connectivity index (χ1n) is 22.8. The third-order valence-electron chi connectivity index (χ3n) is 9.96. The van der Waals surface area contributed by atoms with Gasteiger partial charge in [-0.05, 0) is 39.5 Å². The molecule has 384 valence electrons. The molecular weight excluding hydrogens is 921 g/mol. The van der Waals surface area contributed by atoms with E-state index in [9.17, 15) is 28.8 Å². The lowest BCUT2D eigenvalue weighted by molar-refractivity contribution is -0.145. The number of rotatable bonds is 35.